The number of hydrogen-bond acceptors (Lipinski definition) is 2. The summed E-state index contributed by atoms with van der Waals surface area (Å²) in [6.07, 6.45) is 6.50. The molecule has 1 aromatic rings. The van der Waals surface area contributed by atoms with Crippen LogP contribution in [0.15, 0.2) is 22.7 Å². The van der Waals surface area contributed by atoms with Crippen molar-refractivity contribution in [2.24, 2.45) is 5.92 Å². The number of halogens is 1. The molecule has 1 fully saturated rings. The van der Waals surface area contributed by atoms with Crippen molar-refractivity contribution in [1.29, 1.82) is 5.26 Å². The van der Waals surface area contributed by atoms with Crippen LogP contribution >= 0.6 is 15.9 Å². The molecule has 0 spiro atoms. The van der Waals surface area contributed by atoms with Crippen LogP contribution in [-0.2, 0) is 0 Å². The molecule has 1 aliphatic carbocycles. The normalized spacial score (nSPS) is 23.4. The standard InChI is InChI=1S/C15H18BrNO/c1-2-11-4-3-5-13(8-11)18-14-7-6-12(10-17)15(16)9-14/h6-7,9,11,13H,2-5,8H2,1H3. The van der Waals surface area contributed by atoms with Crippen LogP contribution in [0.2, 0.25) is 0 Å². The van der Waals surface area contributed by atoms with E-state index in [1.54, 1.807) is 6.07 Å². The predicted molar refractivity (Wildman–Crippen MR) is 75.5 cm³/mol. The van der Waals surface area contributed by atoms with Crippen molar-refractivity contribution in [2.45, 2.75) is 45.1 Å². The third-order valence-electron chi connectivity index (χ3n) is 3.68. The van der Waals surface area contributed by atoms with E-state index in [2.05, 4.69) is 28.9 Å². The lowest BCUT2D eigenvalue weighted by atomic mass is 9.85. The van der Waals surface area contributed by atoms with E-state index < -0.39 is 0 Å². The van der Waals surface area contributed by atoms with Crippen molar-refractivity contribution in [1.82, 2.24) is 0 Å². The Kier molecular flexibility index (Phi) is 4.66. The number of rotatable bonds is 3. The van der Waals surface area contributed by atoms with Crippen molar-refractivity contribution in [3.8, 4) is 11.8 Å². The summed E-state index contributed by atoms with van der Waals surface area (Å²) < 4.78 is 6.84. The second-order valence-corrected chi connectivity index (χ2v) is 5.79. The molecule has 1 aromatic carbocycles. The van der Waals surface area contributed by atoms with Gasteiger partial charge in [-0.25, -0.2) is 0 Å². The maximum absolute atomic E-state index is 8.88. The number of benzene rings is 1. The molecule has 0 radical (unpaired) electrons. The van der Waals surface area contributed by atoms with Crippen LogP contribution in [0.25, 0.3) is 0 Å². The van der Waals surface area contributed by atoms with E-state index >= 15 is 0 Å². The molecule has 2 rings (SSSR count). The summed E-state index contributed by atoms with van der Waals surface area (Å²) in [5.41, 5.74) is 0.650. The average molecular weight is 308 g/mol. The van der Waals surface area contributed by atoms with Gasteiger partial charge in [-0.3, -0.25) is 0 Å². The fourth-order valence-electron chi connectivity index (χ4n) is 2.57. The molecule has 0 aliphatic heterocycles. The molecule has 0 amide bonds. The Balaban J connectivity index is 2.01. The lowest BCUT2D eigenvalue weighted by molar-refractivity contribution is 0.122. The molecule has 96 valence electrons. The first-order chi connectivity index (χ1) is 8.72. The minimum atomic E-state index is 0.337. The predicted octanol–water partition coefficient (Wildman–Crippen LogP) is 4.67. The first-order valence-corrected chi connectivity index (χ1v) is 7.38. The Bertz CT molecular complexity index is 452. The topological polar surface area (TPSA) is 33.0 Å². The highest BCUT2D eigenvalue weighted by Gasteiger charge is 2.22. The lowest BCUT2D eigenvalue weighted by Crippen LogP contribution is -2.25. The summed E-state index contributed by atoms with van der Waals surface area (Å²) in [7, 11) is 0. The molecular weight excluding hydrogens is 290 g/mol. The van der Waals surface area contributed by atoms with E-state index in [0.29, 0.717) is 11.7 Å². The lowest BCUT2D eigenvalue weighted by Gasteiger charge is -2.29. The third-order valence-corrected chi connectivity index (χ3v) is 4.33. The zero-order valence-electron chi connectivity index (χ0n) is 10.7. The van der Waals surface area contributed by atoms with Crippen LogP contribution in [0.3, 0.4) is 0 Å². The summed E-state index contributed by atoms with van der Waals surface area (Å²) in [4.78, 5) is 0. The monoisotopic (exact) mass is 307 g/mol. The molecule has 0 aromatic heterocycles. The highest BCUT2D eigenvalue weighted by Crippen LogP contribution is 2.31. The smallest absolute Gasteiger partial charge is 0.120 e. The zero-order chi connectivity index (χ0) is 13.0. The second-order valence-electron chi connectivity index (χ2n) is 4.93. The quantitative estimate of drug-likeness (QED) is 0.813. The van der Waals surface area contributed by atoms with Crippen LogP contribution < -0.4 is 4.74 Å². The highest BCUT2D eigenvalue weighted by molar-refractivity contribution is 9.10. The molecule has 0 saturated heterocycles. The molecule has 0 N–H and O–H groups in total. The van der Waals surface area contributed by atoms with Gasteiger partial charge in [0.1, 0.15) is 11.8 Å². The molecule has 1 aliphatic rings. The van der Waals surface area contributed by atoms with Gasteiger partial charge >= 0.3 is 0 Å². The number of ether oxygens (including phenoxy) is 1. The van der Waals surface area contributed by atoms with Gasteiger partial charge in [0, 0.05) is 4.47 Å². The van der Waals surface area contributed by atoms with Gasteiger partial charge in [0.2, 0.25) is 0 Å². The number of nitriles is 1. The fourth-order valence-corrected chi connectivity index (χ4v) is 3.02. The third kappa shape index (κ3) is 3.26. The minimum Gasteiger partial charge on any atom is -0.490 e. The Hall–Kier alpha value is -1.01. The van der Waals surface area contributed by atoms with Gasteiger partial charge < -0.3 is 4.74 Å². The van der Waals surface area contributed by atoms with Gasteiger partial charge in [0.05, 0.1) is 11.7 Å². The molecule has 2 unspecified atom stereocenters. The van der Waals surface area contributed by atoms with E-state index in [-0.39, 0.29) is 0 Å². The van der Waals surface area contributed by atoms with E-state index in [1.165, 1.54) is 19.3 Å². The summed E-state index contributed by atoms with van der Waals surface area (Å²) >= 11 is 3.40. The first kappa shape index (κ1) is 13.4. The fraction of sp³-hybridized carbons (Fsp3) is 0.533. The summed E-state index contributed by atoms with van der Waals surface area (Å²) in [5, 5.41) is 8.88. The van der Waals surface area contributed by atoms with E-state index in [1.807, 2.05) is 12.1 Å². The minimum absolute atomic E-state index is 0.337. The van der Waals surface area contributed by atoms with E-state index in [9.17, 15) is 0 Å². The van der Waals surface area contributed by atoms with Crippen molar-refractivity contribution in [3.63, 3.8) is 0 Å². The highest BCUT2D eigenvalue weighted by atomic mass is 79.9. The van der Waals surface area contributed by atoms with Crippen LogP contribution in [0.1, 0.15) is 44.6 Å². The molecule has 0 bridgehead atoms. The van der Waals surface area contributed by atoms with Crippen molar-refractivity contribution >= 4 is 15.9 Å². The van der Waals surface area contributed by atoms with Gasteiger partial charge in [0.15, 0.2) is 0 Å². The van der Waals surface area contributed by atoms with Gasteiger partial charge in [-0.1, -0.05) is 19.8 Å². The van der Waals surface area contributed by atoms with Crippen molar-refractivity contribution < 1.29 is 4.74 Å². The number of hydrogen-bond donors (Lipinski definition) is 0. The van der Waals surface area contributed by atoms with Gasteiger partial charge in [0.25, 0.3) is 0 Å². The Morgan fingerprint density at radius 2 is 2.28 bits per heavy atom. The van der Waals surface area contributed by atoms with Gasteiger partial charge in [-0.2, -0.15) is 5.26 Å². The molecule has 0 heterocycles. The van der Waals surface area contributed by atoms with E-state index in [4.69, 9.17) is 10.00 Å². The van der Waals surface area contributed by atoms with Crippen molar-refractivity contribution in [2.75, 3.05) is 0 Å². The van der Waals surface area contributed by atoms with Crippen LogP contribution in [0.5, 0.6) is 5.75 Å². The molecule has 18 heavy (non-hydrogen) atoms. The Morgan fingerprint density at radius 3 is 2.94 bits per heavy atom. The van der Waals surface area contributed by atoms with Crippen LogP contribution in [0.4, 0.5) is 0 Å². The summed E-state index contributed by atoms with van der Waals surface area (Å²) in [6.45, 7) is 2.26. The van der Waals surface area contributed by atoms with Crippen LogP contribution in [0, 0.1) is 17.2 Å². The van der Waals surface area contributed by atoms with Gasteiger partial charge in [-0.15, -0.1) is 0 Å². The Labute approximate surface area is 117 Å². The molecule has 2 nitrogen and oxygen atoms in total. The second kappa shape index (κ2) is 6.24. The maximum atomic E-state index is 8.88. The Morgan fingerprint density at radius 1 is 1.44 bits per heavy atom. The first-order valence-electron chi connectivity index (χ1n) is 6.59. The van der Waals surface area contributed by atoms with Crippen molar-refractivity contribution in [3.05, 3.63) is 28.2 Å². The molecular formula is C15H18BrNO. The van der Waals surface area contributed by atoms with E-state index in [0.717, 1.165) is 29.0 Å². The molecule has 2 atom stereocenters. The summed E-state index contributed by atoms with van der Waals surface area (Å²) in [5.74, 6) is 1.67. The average Bonchev–Trinajstić information content (AvgIpc) is 2.39. The van der Waals surface area contributed by atoms with Gasteiger partial charge in [-0.05, 0) is 59.3 Å². The zero-order valence-corrected chi connectivity index (χ0v) is 12.2. The maximum Gasteiger partial charge on any atom is 0.120 e. The SMILES string of the molecule is CCC1CCCC(Oc2ccc(C#N)c(Br)c2)C1. The van der Waals surface area contributed by atoms with Crippen LogP contribution in [-0.4, -0.2) is 6.10 Å². The molecule has 3 heteroatoms. The molecule has 1 saturated carbocycles. The number of nitrogens with zero attached hydrogens (tertiary/aromatic N) is 1. The summed E-state index contributed by atoms with van der Waals surface area (Å²) in [6, 6.07) is 7.73. The largest absolute Gasteiger partial charge is 0.490 e.